The zero-order valence-electron chi connectivity index (χ0n) is 19.6. The van der Waals surface area contributed by atoms with Crippen molar-refractivity contribution in [3.63, 3.8) is 0 Å². The first kappa shape index (κ1) is 24.5. The molecule has 1 aromatic heterocycles. The van der Waals surface area contributed by atoms with Crippen LogP contribution in [0.25, 0.3) is 0 Å². The Morgan fingerprint density at radius 3 is 2.41 bits per heavy atom. The lowest BCUT2D eigenvalue weighted by Crippen LogP contribution is -2.21. The molecule has 2 aromatic rings. The maximum atomic E-state index is 12.3. The summed E-state index contributed by atoms with van der Waals surface area (Å²) >= 11 is 0. The Bertz CT molecular complexity index is 1070. The minimum atomic E-state index is -0.787. The van der Waals surface area contributed by atoms with Gasteiger partial charge in [0.2, 0.25) is 11.7 Å². The number of hydrogen-bond acceptors (Lipinski definition) is 8. The van der Waals surface area contributed by atoms with Gasteiger partial charge in [0.15, 0.2) is 0 Å². The van der Waals surface area contributed by atoms with Gasteiger partial charge in [0.1, 0.15) is 17.3 Å². The van der Waals surface area contributed by atoms with Gasteiger partial charge in [-0.25, -0.2) is 4.79 Å². The summed E-state index contributed by atoms with van der Waals surface area (Å²) in [6.45, 7) is 12.7. The largest absolute Gasteiger partial charge is 0.451 e. The van der Waals surface area contributed by atoms with Crippen LogP contribution in [0.5, 0.6) is 0 Å². The van der Waals surface area contributed by atoms with E-state index in [0.717, 1.165) is 23.5 Å². The number of benzene rings is 1. The van der Waals surface area contributed by atoms with E-state index in [1.54, 1.807) is 6.07 Å². The number of carbonyl (C=O) groups is 2. The molecule has 0 atom stereocenters. The van der Waals surface area contributed by atoms with Crippen LogP contribution in [-0.4, -0.2) is 42.0 Å². The number of azo groups is 1. The lowest BCUT2D eigenvalue weighted by molar-refractivity contribution is -0.114. The molecule has 0 aliphatic rings. The van der Waals surface area contributed by atoms with Crippen molar-refractivity contribution >= 4 is 34.9 Å². The summed E-state index contributed by atoms with van der Waals surface area (Å²) in [6, 6.07) is 7.47. The molecule has 0 spiro atoms. The monoisotopic (exact) mass is 439 g/mol. The zero-order chi connectivity index (χ0) is 24.1. The Balaban J connectivity index is 2.63. The maximum absolute atomic E-state index is 12.3. The van der Waals surface area contributed by atoms with Crippen molar-refractivity contribution in [2.75, 3.05) is 30.4 Å². The minimum Gasteiger partial charge on any atom is -0.451 e. The van der Waals surface area contributed by atoms with Gasteiger partial charge >= 0.3 is 6.09 Å². The summed E-state index contributed by atoms with van der Waals surface area (Å²) in [6.07, 6.45) is -0.787. The predicted molar refractivity (Wildman–Crippen MR) is 122 cm³/mol. The number of aromatic nitrogens is 2. The van der Waals surface area contributed by atoms with Crippen molar-refractivity contribution in [3.8, 4) is 6.07 Å². The summed E-state index contributed by atoms with van der Waals surface area (Å²) < 4.78 is 5.71. The third kappa shape index (κ3) is 5.29. The Morgan fingerprint density at radius 1 is 1.25 bits per heavy atom. The molecule has 2 rings (SSSR count). The zero-order valence-corrected chi connectivity index (χ0v) is 19.6. The number of amides is 1. The molecule has 32 heavy (non-hydrogen) atoms. The van der Waals surface area contributed by atoms with Crippen molar-refractivity contribution < 1.29 is 14.3 Å². The molecule has 170 valence electrons. The average molecular weight is 440 g/mol. The summed E-state index contributed by atoms with van der Waals surface area (Å²) in [5.74, 6) is -0.295. The SMILES string of the molecule is CCN(CC)c1ccc(/N=N/c2c(C#N)c(C(C)(C)C)nn2C(=O)OC)c(NC(C)=O)c1. The van der Waals surface area contributed by atoms with Gasteiger partial charge in [-0.2, -0.15) is 10.4 Å². The van der Waals surface area contributed by atoms with Gasteiger partial charge in [0.05, 0.1) is 18.5 Å². The normalized spacial score (nSPS) is 11.3. The standard InChI is InChI=1S/C22H29N7O3/c1-8-28(9-2)15-10-11-17(18(12-15)24-14(3)30)25-26-20-16(13-23)19(22(4,5)6)27-29(20)21(31)32-7/h10-12H,8-9H2,1-7H3,(H,24,30)/b26-25+. The number of nitriles is 1. The second-order valence-corrected chi connectivity index (χ2v) is 8.05. The van der Waals surface area contributed by atoms with Gasteiger partial charge in [0, 0.05) is 31.1 Å². The highest BCUT2D eigenvalue weighted by molar-refractivity contribution is 5.93. The van der Waals surface area contributed by atoms with Gasteiger partial charge < -0.3 is 15.0 Å². The molecule has 0 aliphatic carbocycles. The van der Waals surface area contributed by atoms with Crippen LogP contribution in [0.15, 0.2) is 28.4 Å². The van der Waals surface area contributed by atoms with Crippen LogP contribution < -0.4 is 10.2 Å². The Labute approximate surface area is 187 Å². The van der Waals surface area contributed by atoms with E-state index in [2.05, 4.69) is 31.6 Å². The highest BCUT2D eigenvalue weighted by Gasteiger charge is 2.29. The molecule has 0 radical (unpaired) electrons. The number of nitrogens with one attached hydrogen (secondary N) is 1. The molecule has 1 aromatic carbocycles. The van der Waals surface area contributed by atoms with E-state index < -0.39 is 11.5 Å². The molecule has 10 heteroatoms. The minimum absolute atomic E-state index is 0.0362. The van der Waals surface area contributed by atoms with Crippen LogP contribution in [0.3, 0.4) is 0 Å². The Kier molecular flexibility index (Phi) is 7.70. The fourth-order valence-corrected chi connectivity index (χ4v) is 3.13. The van der Waals surface area contributed by atoms with E-state index in [-0.39, 0.29) is 17.3 Å². The van der Waals surface area contributed by atoms with Gasteiger partial charge in [-0.15, -0.1) is 14.9 Å². The molecule has 10 nitrogen and oxygen atoms in total. The average Bonchev–Trinajstić information content (AvgIpc) is 3.12. The van der Waals surface area contributed by atoms with Crippen LogP contribution in [0, 0.1) is 11.3 Å². The van der Waals surface area contributed by atoms with Crippen LogP contribution >= 0.6 is 0 Å². The maximum Gasteiger partial charge on any atom is 0.436 e. The number of anilines is 2. The van der Waals surface area contributed by atoms with Crippen molar-refractivity contribution in [1.29, 1.82) is 5.26 Å². The second kappa shape index (κ2) is 10.0. The van der Waals surface area contributed by atoms with E-state index in [1.165, 1.54) is 14.0 Å². The Hall–Kier alpha value is -3.74. The van der Waals surface area contributed by atoms with E-state index in [4.69, 9.17) is 4.74 Å². The van der Waals surface area contributed by atoms with Gasteiger partial charge in [-0.05, 0) is 32.0 Å². The lowest BCUT2D eigenvalue weighted by Gasteiger charge is -2.22. The van der Waals surface area contributed by atoms with E-state index in [1.807, 2.05) is 46.8 Å². The fourth-order valence-electron chi connectivity index (χ4n) is 3.13. The van der Waals surface area contributed by atoms with Crippen molar-refractivity contribution in [1.82, 2.24) is 9.78 Å². The number of carbonyl (C=O) groups excluding carboxylic acids is 2. The Morgan fingerprint density at radius 2 is 1.91 bits per heavy atom. The van der Waals surface area contributed by atoms with Gasteiger partial charge in [-0.1, -0.05) is 20.8 Å². The summed E-state index contributed by atoms with van der Waals surface area (Å²) in [5, 5.41) is 25.2. The highest BCUT2D eigenvalue weighted by Crippen LogP contribution is 2.35. The summed E-state index contributed by atoms with van der Waals surface area (Å²) in [4.78, 5) is 26.1. The van der Waals surface area contributed by atoms with E-state index in [9.17, 15) is 14.9 Å². The number of ether oxygens (including phenoxy) is 1. The van der Waals surface area contributed by atoms with E-state index >= 15 is 0 Å². The van der Waals surface area contributed by atoms with Crippen LogP contribution in [0.1, 0.15) is 52.8 Å². The third-order valence-electron chi connectivity index (χ3n) is 4.70. The summed E-state index contributed by atoms with van der Waals surface area (Å²) in [7, 11) is 1.22. The molecule has 1 amide bonds. The molecule has 1 heterocycles. The molecule has 0 unspecified atom stereocenters. The quantitative estimate of drug-likeness (QED) is 0.639. The molecular formula is C22H29N7O3. The van der Waals surface area contributed by atoms with Crippen molar-refractivity contribution in [2.45, 2.75) is 47.0 Å². The predicted octanol–water partition coefficient (Wildman–Crippen LogP) is 4.89. The second-order valence-electron chi connectivity index (χ2n) is 8.05. The summed E-state index contributed by atoms with van der Waals surface area (Å²) in [5.41, 5.74) is 1.77. The first-order valence-electron chi connectivity index (χ1n) is 10.3. The molecule has 0 aliphatic heterocycles. The highest BCUT2D eigenvalue weighted by atomic mass is 16.5. The first-order chi connectivity index (χ1) is 15.1. The third-order valence-corrected chi connectivity index (χ3v) is 4.70. The lowest BCUT2D eigenvalue weighted by atomic mass is 9.90. The molecule has 1 N–H and O–H groups in total. The number of hydrogen-bond donors (Lipinski definition) is 1. The number of rotatable bonds is 6. The molecular weight excluding hydrogens is 410 g/mol. The first-order valence-corrected chi connectivity index (χ1v) is 10.3. The molecule has 0 saturated heterocycles. The van der Waals surface area contributed by atoms with Gasteiger partial charge in [-0.3, -0.25) is 4.79 Å². The van der Waals surface area contributed by atoms with E-state index in [0.29, 0.717) is 17.1 Å². The van der Waals surface area contributed by atoms with Crippen LogP contribution in [-0.2, 0) is 14.9 Å². The molecule has 0 bridgehead atoms. The number of nitrogens with zero attached hydrogens (tertiary/aromatic N) is 6. The van der Waals surface area contributed by atoms with Crippen molar-refractivity contribution in [2.24, 2.45) is 10.2 Å². The smallest absolute Gasteiger partial charge is 0.436 e. The topological polar surface area (TPSA) is 125 Å². The number of methoxy groups -OCH3 is 1. The van der Waals surface area contributed by atoms with Crippen LogP contribution in [0.4, 0.5) is 27.7 Å². The molecule has 0 saturated carbocycles. The van der Waals surface area contributed by atoms with Crippen molar-refractivity contribution in [3.05, 3.63) is 29.5 Å². The van der Waals surface area contributed by atoms with Gasteiger partial charge in [0.25, 0.3) is 0 Å². The molecule has 0 fully saturated rings. The fraction of sp³-hybridized carbons (Fsp3) is 0.455. The van der Waals surface area contributed by atoms with Crippen LogP contribution in [0.2, 0.25) is 0 Å².